The number of carbonyl (C=O) groups excluding carboxylic acids is 2. The van der Waals surface area contributed by atoms with Gasteiger partial charge in [0, 0.05) is 29.9 Å². The third-order valence-corrected chi connectivity index (χ3v) is 4.49. The van der Waals surface area contributed by atoms with Crippen molar-refractivity contribution in [3.8, 4) is 5.75 Å². The van der Waals surface area contributed by atoms with Crippen LogP contribution in [0.2, 0.25) is 0 Å². The van der Waals surface area contributed by atoms with Crippen LogP contribution in [0.4, 0.5) is 17.1 Å². The number of fused-ring (bicyclic) bond motifs is 1. The molecule has 0 saturated heterocycles. The summed E-state index contributed by atoms with van der Waals surface area (Å²) in [5.74, 6) is 0.0555. The van der Waals surface area contributed by atoms with E-state index >= 15 is 0 Å². The van der Waals surface area contributed by atoms with Crippen molar-refractivity contribution in [1.82, 2.24) is 4.90 Å². The van der Waals surface area contributed by atoms with Crippen molar-refractivity contribution < 1.29 is 19.2 Å². The first-order valence-corrected chi connectivity index (χ1v) is 9.13. The zero-order valence-corrected chi connectivity index (χ0v) is 16.3. The minimum atomic E-state index is -0.521. The van der Waals surface area contributed by atoms with E-state index in [0.29, 0.717) is 29.2 Å². The maximum Gasteiger partial charge on any atom is 0.269 e. The Morgan fingerprint density at radius 3 is 2.62 bits per heavy atom. The highest BCUT2D eigenvalue weighted by Gasteiger charge is 2.25. The summed E-state index contributed by atoms with van der Waals surface area (Å²) >= 11 is 0. The summed E-state index contributed by atoms with van der Waals surface area (Å²) in [6, 6.07) is 10.5. The Bertz CT molecular complexity index is 927. The highest BCUT2D eigenvalue weighted by atomic mass is 16.6. The highest BCUT2D eigenvalue weighted by Crippen LogP contribution is 2.34. The fraction of sp³-hybridized carbons (Fsp3) is 0.300. The first kappa shape index (κ1) is 20.3. The van der Waals surface area contributed by atoms with E-state index in [4.69, 9.17) is 4.74 Å². The summed E-state index contributed by atoms with van der Waals surface area (Å²) < 4.78 is 5.50. The van der Waals surface area contributed by atoms with E-state index in [0.717, 1.165) is 13.0 Å². The molecule has 2 amide bonds. The number of carbonyl (C=O) groups is 2. The number of hydrogen-bond donors (Lipinski definition) is 1. The average molecular weight is 398 g/mol. The lowest BCUT2D eigenvalue weighted by atomic mass is 10.1. The van der Waals surface area contributed by atoms with Crippen molar-refractivity contribution >= 4 is 28.9 Å². The molecule has 0 radical (unpaired) electrons. The van der Waals surface area contributed by atoms with Crippen LogP contribution in [0.25, 0.3) is 0 Å². The van der Waals surface area contributed by atoms with E-state index in [2.05, 4.69) is 5.32 Å². The second-order valence-electron chi connectivity index (χ2n) is 6.93. The van der Waals surface area contributed by atoms with Gasteiger partial charge in [-0.2, -0.15) is 0 Å². The fourth-order valence-corrected chi connectivity index (χ4v) is 3.01. The monoisotopic (exact) mass is 398 g/mol. The van der Waals surface area contributed by atoms with E-state index in [9.17, 15) is 19.7 Å². The van der Waals surface area contributed by atoms with Gasteiger partial charge in [0.15, 0.2) is 6.61 Å². The van der Waals surface area contributed by atoms with Gasteiger partial charge >= 0.3 is 0 Å². The number of ether oxygens (including phenoxy) is 1. The van der Waals surface area contributed by atoms with Crippen LogP contribution in [-0.4, -0.2) is 55.4 Å². The lowest BCUT2D eigenvalue weighted by molar-refractivity contribution is -0.384. The molecule has 0 fully saturated rings. The molecule has 0 bridgehead atoms. The summed E-state index contributed by atoms with van der Waals surface area (Å²) in [4.78, 5) is 38.7. The van der Waals surface area contributed by atoms with Crippen molar-refractivity contribution in [3.63, 3.8) is 0 Å². The van der Waals surface area contributed by atoms with Crippen LogP contribution in [0.1, 0.15) is 16.8 Å². The van der Waals surface area contributed by atoms with Gasteiger partial charge in [-0.05, 0) is 57.4 Å². The smallest absolute Gasteiger partial charge is 0.269 e. The van der Waals surface area contributed by atoms with Gasteiger partial charge in [0.1, 0.15) is 5.75 Å². The Kier molecular flexibility index (Phi) is 6.08. The van der Waals surface area contributed by atoms with E-state index in [1.54, 1.807) is 23.1 Å². The molecule has 1 heterocycles. The zero-order valence-electron chi connectivity index (χ0n) is 16.3. The summed E-state index contributed by atoms with van der Waals surface area (Å²) in [6.45, 7) is 1.38. The van der Waals surface area contributed by atoms with Crippen molar-refractivity contribution in [2.45, 2.75) is 6.42 Å². The Morgan fingerprint density at radius 2 is 1.97 bits per heavy atom. The Morgan fingerprint density at radius 1 is 1.24 bits per heavy atom. The van der Waals surface area contributed by atoms with Gasteiger partial charge in [-0.1, -0.05) is 0 Å². The molecule has 9 heteroatoms. The van der Waals surface area contributed by atoms with Crippen molar-refractivity contribution in [2.24, 2.45) is 0 Å². The van der Waals surface area contributed by atoms with Gasteiger partial charge in [-0.3, -0.25) is 19.7 Å². The molecule has 9 nitrogen and oxygen atoms in total. The Balaban J connectivity index is 1.76. The molecule has 2 aromatic rings. The van der Waals surface area contributed by atoms with E-state index in [1.807, 2.05) is 19.0 Å². The molecule has 0 aliphatic carbocycles. The van der Waals surface area contributed by atoms with Crippen LogP contribution in [0, 0.1) is 10.1 Å². The van der Waals surface area contributed by atoms with Gasteiger partial charge in [0.25, 0.3) is 17.5 Å². The van der Waals surface area contributed by atoms with Crippen LogP contribution in [0.3, 0.4) is 0 Å². The third-order valence-electron chi connectivity index (χ3n) is 4.49. The summed E-state index contributed by atoms with van der Waals surface area (Å²) in [7, 11) is 3.95. The second kappa shape index (κ2) is 8.70. The van der Waals surface area contributed by atoms with Gasteiger partial charge < -0.3 is 19.9 Å². The number of nitro benzene ring substituents is 1. The molecule has 29 heavy (non-hydrogen) atoms. The second-order valence-corrected chi connectivity index (χ2v) is 6.93. The number of rotatable bonds is 7. The van der Waals surface area contributed by atoms with Gasteiger partial charge in [0.2, 0.25) is 0 Å². The average Bonchev–Trinajstić information content (AvgIpc) is 2.69. The van der Waals surface area contributed by atoms with Crippen molar-refractivity contribution in [1.29, 1.82) is 0 Å². The Labute approximate surface area is 168 Å². The Hall–Kier alpha value is -3.46. The molecule has 1 aliphatic heterocycles. The van der Waals surface area contributed by atoms with E-state index in [-0.39, 0.29) is 18.2 Å². The normalized spacial score (nSPS) is 13.1. The minimum Gasteiger partial charge on any atom is -0.482 e. The van der Waals surface area contributed by atoms with Crippen LogP contribution >= 0.6 is 0 Å². The summed E-state index contributed by atoms with van der Waals surface area (Å²) in [5.41, 5.74) is 1.33. The maximum atomic E-state index is 12.5. The quantitative estimate of drug-likeness (QED) is 0.568. The number of nitrogens with zero attached hydrogens (tertiary/aromatic N) is 3. The van der Waals surface area contributed by atoms with Crippen LogP contribution in [-0.2, 0) is 4.79 Å². The predicted molar refractivity (Wildman–Crippen MR) is 109 cm³/mol. The first-order valence-electron chi connectivity index (χ1n) is 9.13. The molecular weight excluding hydrogens is 376 g/mol. The SMILES string of the molecule is CN(C)CCCN1C(=O)COc2ccc(NC(=O)c3ccc([N+](=O)[O-])cc3)cc21. The molecule has 0 unspecified atom stereocenters. The van der Waals surface area contributed by atoms with Crippen LogP contribution in [0.15, 0.2) is 42.5 Å². The predicted octanol–water partition coefficient (Wildman–Crippen LogP) is 2.52. The number of hydrogen-bond acceptors (Lipinski definition) is 6. The molecule has 2 aromatic carbocycles. The molecule has 3 rings (SSSR count). The zero-order chi connectivity index (χ0) is 21.0. The fourth-order valence-electron chi connectivity index (χ4n) is 3.01. The maximum absolute atomic E-state index is 12.5. The van der Waals surface area contributed by atoms with E-state index in [1.165, 1.54) is 24.3 Å². The van der Waals surface area contributed by atoms with Gasteiger partial charge in [-0.15, -0.1) is 0 Å². The largest absolute Gasteiger partial charge is 0.482 e. The molecule has 1 N–H and O–H groups in total. The van der Waals surface area contributed by atoms with Crippen molar-refractivity contribution in [2.75, 3.05) is 44.0 Å². The highest BCUT2D eigenvalue weighted by molar-refractivity contribution is 6.05. The van der Waals surface area contributed by atoms with Gasteiger partial charge in [-0.25, -0.2) is 0 Å². The lowest BCUT2D eigenvalue weighted by Crippen LogP contribution is -2.40. The third kappa shape index (κ3) is 4.88. The molecule has 0 spiro atoms. The molecule has 0 aromatic heterocycles. The van der Waals surface area contributed by atoms with Crippen LogP contribution < -0.4 is 15.0 Å². The topological polar surface area (TPSA) is 105 Å². The number of nitro groups is 1. The van der Waals surface area contributed by atoms with E-state index < -0.39 is 10.8 Å². The molecular formula is C20H22N4O5. The first-order chi connectivity index (χ1) is 13.8. The summed E-state index contributed by atoms with van der Waals surface area (Å²) in [5, 5.41) is 13.5. The number of amides is 2. The minimum absolute atomic E-state index is 0.0105. The molecule has 0 saturated carbocycles. The summed E-state index contributed by atoms with van der Waals surface area (Å²) in [6.07, 6.45) is 0.803. The number of non-ortho nitro benzene ring substituents is 1. The molecule has 152 valence electrons. The standard InChI is InChI=1S/C20H22N4O5/c1-22(2)10-3-11-23-17-12-15(6-9-18(17)29-13-19(23)25)21-20(26)14-4-7-16(8-5-14)24(27)28/h4-9,12H,3,10-11,13H2,1-2H3,(H,21,26). The molecule has 1 aliphatic rings. The number of anilines is 2. The van der Waals surface area contributed by atoms with Crippen LogP contribution in [0.5, 0.6) is 5.75 Å². The number of benzene rings is 2. The van der Waals surface area contributed by atoms with Crippen molar-refractivity contribution in [3.05, 3.63) is 58.1 Å². The molecule has 0 atom stereocenters. The number of nitrogens with one attached hydrogen (secondary N) is 1. The van der Waals surface area contributed by atoms with Gasteiger partial charge in [0.05, 0.1) is 10.6 Å². The lowest BCUT2D eigenvalue weighted by Gasteiger charge is -2.30.